The first-order valence-corrected chi connectivity index (χ1v) is 7.02. The number of carbonyl (C=O) groups excluding carboxylic acids is 1. The summed E-state index contributed by atoms with van der Waals surface area (Å²) in [6.45, 7) is 1.85. The Labute approximate surface area is 122 Å². The Hall–Kier alpha value is -2.21. The second-order valence-electron chi connectivity index (χ2n) is 5.70. The third-order valence-electron chi connectivity index (χ3n) is 4.02. The first-order chi connectivity index (χ1) is 10.1. The van der Waals surface area contributed by atoms with Crippen molar-refractivity contribution in [3.05, 3.63) is 42.2 Å². The summed E-state index contributed by atoms with van der Waals surface area (Å²) < 4.78 is 1.63. The van der Waals surface area contributed by atoms with Gasteiger partial charge in [-0.15, -0.1) is 5.10 Å². The van der Waals surface area contributed by atoms with Gasteiger partial charge in [-0.05, 0) is 49.9 Å². The molecule has 1 amide bonds. The summed E-state index contributed by atoms with van der Waals surface area (Å²) in [5, 5.41) is 20.1. The minimum atomic E-state index is -0.526. The number of hydrogen-bond acceptors (Lipinski definition) is 4. The lowest BCUT2D eigenvalue weighted by molar-refractivity contribution is 0.0824. The molecule has 6 heteroatoms. The molecular weight excluding hydrogens is 268 g/mol. The third kappa shape index (κ3) is 2.80. The predicted octanol–water partition coefficient (Wildman–Crippen LogP) is 1.16. The fourth-order valence-corrected chi connectivity index (χ4v) is 2.43. The molecule has 110 valence electrons. The number of aliphatic hydroxyl groups excluding tert-OH is 1. The minimum Gasteiger partial charge on any atom is -0.394 e. The molecule has 0 bridgehead atoms. The van der Waals surface area contributed by atoms with E-state index in [-0.39, 0.29) is 12.5 Å². The van der Waals surface area contributed by atoms with Crippen LogP contribution in [0.3, 0.4) is 0 Å². The highest BCUT2D eigenvalue weighted by Crippen LogP contribution is 2.39. The molecule has 0 saturated heterocycles. The van der Waals surface area contributed by atoms with Gasteiger partial charge in [0.05, 0.1) is 30.2 Å². The van der Waals surface area contributed by atoms with Gasteiger partial charge in [-0.3, -0.25) is 4.79 Å². The summed E-state index contributed by atoms with van der Waals surface area (Å²) in [5.74, 6) is 0.212. The monoisotopic (exact) mass is 286 g/mol. The molecule has 0 aliphatic heterocycles. The van der Waals surface area contributed by atoms with Crippen LogP contribution in [0.5, 0.6) is 0 Å². The molecular formula is C15H18N4O2. The maximum Gasteiger partial charge on any atom is 0.251 e. The number of aromatic nitrogens is 3. The van der Waals surface area contributed by atoms with Gasteiger partial charge in [0.1, 0.15) is 0 Å². The summed E-state index contributed by atoms with van der Waals surface area (Å²) >= 11 is 0. The van der Waals surface area contributed by atoms with E-state index < -0.39 is 5.54 Å². The fraction of sp³-hybridized carbons (Fsp3) is 0.400. The quantitative estimate of drug-likeness (QED) is 0.864. The van der Waals surface area contributed by atoms with Gasteiger partial charge >= 0.3 is 0 Å². The summed E-state index contributed by atoms with van der Waals surface area (Å²) in [6.07, 6.45) is 5.46. The zero-order valence-electron chi connectivity index (χ0n) is 11.9. The Morgan fingerprint density at radius 3 is 2.67 bits per heavy atom. The summed E-state index contributed by atoms with van der Waals surface area (Å²) in [6, 6.07) is 7.13. The fourth-order valence-electron chi connectivity index (χ4n) is 2.43. The van der Waals surface area contributed by atoms with Gasteiger partial charge in [-0.2, -0.15) is 0 Å². The highest BCUT2D eigenvalue weighted by Gasteiger charge is 2.42. The molecule has 1 aliphatic carbocycles. The van der Waals surface area contributed by atoms with Gasteiger partial charge in [0.25, 0.3) is 5.91 Å². The van der Waals surface area contributed by atoms with Crippen LogP contribution in [0.4, 0.5) is 0 Å². The molecule has 0 spiro atoms. The number of amides is 1. The molecule has 1 unspecified atom stereocenters. The van der Waals surface area contributed by atoms with E-state index in [1.54, 1.807) is 29.2 Å². The van der Waals surface area contributed by atoms with Gasteiger partial charge in [0.15, 0.2) is 0 Å². The van der Waals surface area contributed by atoms with Crippen LogP contribution in [0, 0.1) is 5.92 Å². The standard InChI is InChI=1S/C15H18N4O2/c1-15(10-20,12-4-5-12)17-14(21)11-2-6-13(7-3-11)19-9-8-16-18-19/h2-3,6-9,12,20H,4-5,10H2,1H3,(H,17,21). The average Bonchev–Trinajstić information content (AvgIpc) is 3.23. The molecule has 2 N–H and O–H groups in total. The Kier molecular flexibility index (Phi) is 3.47. The van der Waals surface area contributed by atoms with Gasteiger partial charge in [-0.25, -0.2) is 4.68 Å². The number of nitrogens with one attached hydrogen (secondary N) is 1. The van der Waals surface area contributed by atoms with E-state index in [2.05, 4.69) is 15.6 Å². The van der Waals surface area contributed by atoms with E-state index in [0.29, 0.717) is 11.5 Å². The molecule has 3 rings (SSSR count). The molecule has 0 radical (unpaired) electrons. The number of hydrogen-bond donors (Lipinski definition) is 2. The van der Waals surface area contributed by atoms with Crippen molar-refractivity contribution in [3.8, 4) is 5.69 Å². The Balaban J connectivity index is 1.73. The number of benzene rings is 1. The lowest BCUT2D eigenvalue weighted by Crippen LogP contribution is -2.50. The Morgan fingerprint density at radius 2 is 2.14 bits per heavy atom. The molecule has 1 saturated carbocycles. The first kappa shape index (κ1) is 13.8. The van der Waals surface area contributed by atoms with Gasteiger partial charge in [0, 0.05) is 5.56 Å². The Bertz CT molecular complexity index is 620. The lowest BCUT2D eigenvalue weighted by atomic mass is 9.96. The average molecular weight is 286 g/mol. The van der Waals surface area contributed by atoms with Crippen LogP contribution < -0.4 is 5.32 Å². The van der Waals surface area contributed by atoms with Crippen LogP contribution in [-0.2, 0) is 0 Å². The zero-order valence-corrected chi connectivity index (χ0v) is 11.9. The second kappa shape index (κ2) is 5.29. The molecule has 6 nitrogen and oxygen atoms in total. The van der Waals surface area contributed by atoms with Crippen molar-refractivity contribution in [1.29, 1.82) is 0 Å². The number of rotatable bonds is 5. The van der Waals surface area contributed by atoms with Crippen molar-refractivity contribution >= 4 is 5.91 Å². The number of carbonyl (C=O) groups is 1. The normalized spacial score (nSPS) is 17.2. The van der Waals surface area contributed by atoms with E-state index in [4.69, 9.17) is 0 Å². The van der Waals surface area contributed by atoms with E-state index in [1.165, 1.54) is 0 Å². The smallest absolute Gasteiger partial charge is 0.251 e. The zero-order chi connectivity index (χ0) is 14.9. The molecule has 1 fully saturated rings. The van der Waals surface area contributed by atoms with Crippen molar-refractivity contribution in [2.75, 3.05) is 6.61 Å². The predicted molar refractivity (Wildman–Crippen MR) is 77.0 cm³/mol. The summed E-state index contributed by atoms with van der Waals surface area (Å²) in [5.41, 5.74) is 0.886. The summed E-state index contributed by atoms with van der Waals surface area (Å²) in [7, 11) is 0. The summed E-state index contributed by atoms with van der Waals surface area (Å²) in [4.78, 5) is 12.3. The van der Waals surface area contributed by atoms with Crippen molar-refractivity contribution in [1.82, 2.24) is 20.3 Å². The van der Waals surface area contributed by atoms with Gasteiger partial charge in [-0.1, -0.05) is 5.21 Å². The molecule has 1 atom stereocenters. The molecule has 1 aromatic carbocycles. The first-order valence-electron chi connectivity index (χ1n) is 7.02. The van der Waals surface area contributed by atoms with Crippen LogP contribution in [0.2, 0.25) is 0 Å². The Morgan fingerprint density at radius 1 is 1.43 bits per heavy atom. The number of aliphatic hydroxyl groups is 1. The van der Waals surface area contributed by atoms with Gasteiger partial charge in [0.2, 0.25) is 0 Å². The lowest BCUT2D eigenvalue weighted by Gasteiger charge is -2.28. The van der Waals surface area contributed by atoms with Crippen molar-refractivity contribution in [2.45, 2.75) is 25.3 Å². The van der Waals surface area contributed by atoms with Gasteiger partial charge < -0.3 is 10.4 Å². The highest BCUT2D eigenvalue weighted by molar-refractivity contribution is 5.94. The molecule has 1 heterocycles. The van der Waals surface area contributed by atoms with E-state index in [0.717, 1.165) is 18.5 Å². The van der Waals surface area contributed by atoms with Crippen LogP contribution in [0.25, 0.3) is 5.69 Å². The van der Waals surface area contributed by atoms with Crippen molar-refractivity contribution in [2.24, 2.45) is 5.92 Å². The SMILES string of the molecule is CC(CO)(NC(=O)c1ccc(-n2ccnn2)cc1)C1CC1. The second-order valence-corrected chi connectivity index (χ2v) is 5.70. The molecule has 2 aromatic rings. The molecule has 1 aromatic heterocycles. The van der Waals surface area contributed by atoms with E-state index in [1.807, 2.05) is 19.1 Å². The van der Waals surface area contributed by atoms with E-state index >= 15 is 0 Å². The van der Waals surface area contributed by atoms with Crippen LogP contribution in [-0.4, -0.2) is 38.2 Å². The maximum atomic E-state index is 12.3. The minimum absolute atomic E-state index is 0.0412. The van der Waals surface area contributed by atoms with Crippen LogP contribution >= 0.6 is 0 Å². The highest BCUT2D eigenvalue weighted by atomic mass is 16.3. The topological polar surface area (TPSA) is 80.0 Å². The van der Waals surface area contributed by atoms with Crippen molar-refractivity contribution < 1.29 is 9.90 Å². The van der Waals surface area contributed by atoms with Crippen molar-refractivity contribution in [3.63, 3.8) is 0 Å². The van der Waals surface area contributed by atoms with Crippen LogP contribution in [0.15, 0.2) is 36.7 Å². The third-order valence-corrected chi connectivity index (χ3v) is 4.02. The molecule has 1 aliphatic rings. The van der Waals surface area contributed by atoms with Crippen LogP contribution in [0.1, 0.15) is 30.1 Å². The largest absolute Gasteiger partial charge is 0.394 e. The van der Waals surface area contributed by atoms with E-state index in [9.17, 15) is 9.90 Å². The molecule has 21 heavy (non-hydrogen) atoms. The maximum absolute atomic E-state index is 12.3. The number of nitrogens with zero attached hydrogens (tertiary/aromatic N) is 3.